The fraction of sp³-hybridized carbons (Fsp3) is 0.276. The van der Waals surface area contributed by atoms with Crippen LogP contribution in [0, 0.1) is 0 Å². The van der Waals surface area contributed by atoms with Gasteiger partial charge in [-0.05, 0) is 29.3 Å². The molecule has 1 aliphatic heterocycles. The Balaban J connectivity index is 1.34. The average Bonchev–Trinajstić information content (AvgIpc) is 2.92. The molecule has 2 N–H and O–H groups in total. The molecular weight excluding hydrogens is 509 g/mol. The van der Waals surface area contributed by atoms with Crippen molar-refractivity contribution in [2.24, 2.45) is 0 Å². The SMILES string of the molecule is O=C(NCc1ccccc1)OC1(Cc2ccccc2)CCN(c2nc(O)c3ccc(C(F)(F)F)cc3n2)CC1. The summed E-state index contributed by atoms with van der Waals surface area (Å²) in [5, 5.41) is 13.4. The summed E-state index contributed by atoms with van der Waals surface area (Å²) in [5.74, 6) is -0.262. The summed E-state index contributed by atoms with van der Waals surface area (Å²) < 4.78 is 45.7. The molecule has 202 valence electrons. The summed E-state index contributed by atoms with van der Waals surface area (Å²) in [6, 6.07) is 22.2. The van der Waals surface area contributed by atoms with Gasteiger partial charge in [-0.2, -0.15) is 18.2 Å². The van der Waals surface area contributed by atoms with Gasteiger partial charge in [0.2, 0.25) is 11.8 Å². The van der Waals surface area contributed by atoms with Crippen LogP contribution < -0.4 is 10.2 Å². The van der Waals surface area contributed by atoms with Crippen LogP contribution in [0.15, 0.2) is 78.9 Å². The molecular formula is C29H27F3N4O3. The number of rotatable bonds is 6. The number of carbonyl (C=O) groups is 1. The molecule has 3 aromatic carbocycles. The Hall–Kier alpha value is -4.34. The van der Waals surface area contributed by atoms with Crippen LogP contribution in [0.2, 0.25) is 0 Å². The lowest BCUT2D eigenvalue weighted by atomic mass is 9.85. The van der Waals surface area contributed by atoms with Gasteiger partial charge in [0.05, 0.1) is 16.5 Å². The van der Waals surface area contributed by atoms with Crippen molar-refractivity contribution in [3.05, 3.63) is 95.6 Å². The molecule has 5 rings (SSSR count). The summed E-state index contributed by atoms with van der Waals surface area (Å²) in [6.45, 7) is 1.09. The highest BCUT2D eigenvalue weighted by Crippen LogP contribution is 2.35. The van der Waals surface area contributed by atoms with E-state index in [0.29, 0.717) is 38.9 Å². The number of fused-ring (bicyclic) bond motifs is 1. The van der Waals surface area contributed by atoms with Crippen molar-refractivity contribution in [3.63, 3.8) is 0 Å². The maximum absolute atomic E-state index is 13.2. The van der Waals surface area contributed by atoms with Crippen LogP contribution in [0.1, 0.15) is 29.5 Å². The lowest BCUT2D eigenvalue weighted by molar-refractivity contribution is -0.137. The normalized spacial score (nSPS) is 15.2. The van der Waals surface area contributed by atoms with Crippen molar-refractivity contribution in [3.8, 4) is 5.88 Å². The zero-order chi connectivity index (χ0) is 27.5. The largest absolute Gasteiger partial charge is 0.493 e. The first-order valence-corrected chi connectivity index (χ1v) is 12.6. The second-order valence-electron chi connectivity index (χ2n) is 9.64. The number of aromatic hydroxyl groups is 1. The predicted molar refractivity (Wildman–Crippen MR) is 140 cm³/mol. The maximum atomic E-state index is 13.2. The molecule has 0 radical (unpaired) electrons. The molecule has 1 fully saturated rings. The molecule has 0 aliphatic carbocycles. The van der Waals surface area contributed by atoms with Crippen LogP contribution in [0.3, 0.4) is 0 Å². The van der Waals surface area contributed by atoms with Crippen molar-refractivity contribution >= 4 is 22.9 Å². The van der Waals surface area contributed by atoms with Gasteiger partial charge in [-0.1, -0.05) is 60.7 Å². The Morgan fingerprint density at radius 1 is 0.949 bits per heavy atom. The number of hydrogen-bond acceptors (Lipinski definition) is 6. The highest BCUT2D eigenvalue weighted by molar-refractivity contribution is 5.85. The lowest BCUT2D eigenvalue weighted by Crippen LogP contribution is -2.50. The summed E-state index contributed by atoms with van der Waals surface area (Å²) in [6.07, 6.45) is -3.69. The fourth-order valence-corrected chi connectivity index (χ4v) is 4.82. The highest BCUT2D eigenvalue weighted by atomic mass is 19.4. The van der Waals surface area contributed by atoms with Gasteiger partial charge < -0.3 is 20.1 Å². The first-order valence-electron chi connectivity index (χ1n) is 12.6. The van der Waals surface area contributed by atoms with E-state index in [0.717, 1.165) is 23.3 Å². The lowest BCUT2D eigenvalue weighted by Gasteiger charge is -2.41. The third-order valence-electron chi connectivity index (χ3n) is 6.91. The van der Waals surface area contributed by atoms with Crippen molar-refractivity contribution in [2.45, 2.75) is 37.6 Å². The van der Waals surface area contributed by atoms with Gasteiger partial charge >= 0.3 is 12.3 Å². The van der Waals surface area contributed by atoms with Crippen LogP contribution in [0.5, 0.6) is 5.88 Å². The van der Waals surface area contributed by atoms with Crippen LogP contribution >= 0.6 is 0 Å². The zero-order valence-electron chi connectivity index (χ0n) is 21.0. The number of anilines is 1. The van der Waals surface area contributed by atoms with Gasteiger partial charge in [-0.15, -0.1) is 0 Å². The van der Waals surface area contributed by atoms with Crippen LogP contribution in [0.25, 0.3) is 10.9 Å². The van der Waals surface area contributed by atoms with E-state index in [1.807, 2.05) is 60.7 Å². The zero-order valence-corrected chi connectivity index (χ0v) is 21.0. The Bertz CT molecular complexity index is 1440. The Morgan fingerprint density at radius 3 is 2.23 bits per heavy atom. The van der Waals surface area contributed by atoms with E-state index in [-0.39, 0.29) is 22.7 Å². The molecule has 4 aromatic rings. The monoisotopic (exact) mass is 536 g/mol. The molecule has 10 heteroatoms. The molecule has 39 heavy (non-hydrogen) atoms. The molecule has 0 bridgehead atoms. The van der Waals surface area contributed by atoms with E-state index in [9.17, 15) is 23.1 Å². The fourth-order valence-electron chi connectivity index (χ4n) is 4.82. The van der Waals surface area contributed by atoms with Crippen molar-refractivity contribution in [2.75, 3.05) is 18.0 Å². The summed E-state index contributed by atoms with van der Waals surface area (Å²) >= 11 is 0. The first-order chi connectivity index (χ1) is 18.7. The molecule has 1 aliphatic rings. The predicted octanol–water partition coefficient (Wildman–Crippen LogP) is 5.86. The molecule has 1 amide bonds. The smallest absolute Gasteiger partial charge is 0.416 e. The quantitative estimate of drug-likeness (QED) is 0.321. The summed E-state index contributed by atoms with van der Waals surface area (Å²) in [4.78, 5) is 23.1. The molecule has 1 aromatic heterocycles. The van der Waals surface area contributed by atoms with Crippen LogP contribution in [0.4, 0.5) is 23.9 Å². The van der Waals surface area contributed by atoms with Gasteiger partial charge in [0, 0.05) is 38.9 Å². The maximum Gasteiger partial charge on any atom is 0.416 e. The minimum absolute atomic E-state index is 0.00462. The Kier molecular flexibility index (Phi) is 7.28. The molecule has 2 heterocycles. The molecule has 0 spiro atoms. The molecule has 1 saturated heterocycles. The van der Waals surface area contributed by atoms with Crippen molar-refractivity contribution < 1.29 is 27.8 Å². The Morgan fingerprint density at radius 2 is 1.59 bits per heavy atom. The summed E-state index contributed by atoms with van der Waals surface area (Å²) in [5.41, 5.74) is 0.310. The minimum atomic E-state index is -4.53. The number of nitrogens with one attached hydrogen (secondary N) is 1. The first kappa shape index (κ1) is 26.3. The summed E-state index contributed by atoms with van der Waals surface area (Å²) in [7, 11) is 0. The topological polar surface area (TPSA) is 87.6 Å². The number of nitrogens with zero attached hydrogens (tertiary/aromatic N) is 3. The number of piperidine rings is 1. The van der Waals surface area contributed by atoms with Gasteiger partial charge in [0.15, 0.2) is 0 Å². The van der Waals surface area contributed by atoms with E-state index in [1.54, 1.807) is 4.90 Å². The van der Waals surface area contributed by atoms with Crippen molar-refractivity contribution in [1.82, 2.24) is 15.3 Å². The Labute approximate surface area is 223 Å². The van der Waals surface area contributed by atoms with Gasteiger partial charge in [-0.3, -0.25) is 0 Å². The number of carbonyl (C=O) groups excluding carboxylic acids is 1. The third kappa shape index (κ3) is 6.22. The molecule has 0 saturated carbocycles. The van der Waals surface area contributed by atoms with Gasteiger partial charge in [0.25, 0.3) is 0 Å². The van der Waals surface area contributed by atoms with Crippen LogP contribution in [-0.2, 0) is 23.9 Å². The van der Waals surface area contributed by atoms with Crippen molar-refractivity contribution in [1.29, 1.82) is 0 Å². The average molecular weight is 537 g/mol. The van der Waals surface area contributed by atoms with E-state index >= 15 is 0 Å². The second-order valence-corrected chi connectivity index (χ2v) is 9.64. The number of hydrogen-bond donors (Lipinski definition) is 2. The highest BCUT2D eigenvalue weighted by Gasteiger charge is 2.39. The third-order valence-corrected chi connectivity index (χ3v) is 6.91. The molecule has 0 atom stereocenters. The second kappa shape index (κ2) is 10.8. The van der Waals surface area contributed by atoms with E-state index in [4.69, 9.17) is 4.74 Å². The number of amides is 1. The molecule has 0 unspecified atom stereocenters. The number of aromatic nitrogens is 2. The minimum Gasteiger partial charge on any atom is -0.493 e. The number of ether oxygens (including phenoxy) is 1. The van der Waals surface area contributed by atoms with E-state index in [1.165, 1.54) is 6.07 Å². The number of alkyl carbamates (subject to hydrolysis) is 1. The van der Waals surface area contributed by atoms with E-state index < -0.39 is 23.4 Å². The number of halogens is 3. The van der Waals surface area contributed by atoms with E-state index in [2.05, 4.69) is 15.3 Å². The molecule has 7 nitrogen and oxygen atoms in total. The van der Waals surface area contributed by atoms with Gasteiger partial charge in [0.1, 0.15) is 5.60 Å². The number of alkyl halides is 3. The van der Waals surface area contributed by atoms with Gasteiger partial charge in [-0.25, -0.2) is 9.78 Å². The standard InChI is InChI=1S/C29H27F3N4O3/c30-29(31,32)22-11-12-23-24(17-22)34-26(35-25(23)37)36-15-13-28(14-16-36,18-20-7-3-1-4-8-20)39-27(38)33-19-21-9-5-2-6-10-21/h1-12,17H,13-16,18-19H2,(H,33,38)(H,34,35,37). The number of benzene rings is 3. The van der Waals surface area contributed by atoms with Crippen LogP contribution in [-0.4, -0.2) is 39.9 Å².